The molecule has 0 amide bonds. The first-order valence-corrected chi connectivity index (χ1v) is 7.09. The van der Waals surface area contributed by atoms with Crippen molar-refractivity contribution in [3.8, 4) is 0 Å². The molecule has 1 fully saturated rings. The Balaban J connectivity index is 2.26. The Labute approximate surface area is 113 Å². The second-order valence-electron chi connectivity index (χ2n) is 6.22. The largest absolute Gasteiger partial charge is 0.385 e. The molecule has 0 radical (unpaired) electrons. The van der Waals surface area contributed by atoms with Gasteiger partial charge >= 0.3 is 0 Å². The van der Waals surface area contributed by atoms with Crippen LogP contribution >= 0.6 is 0 Å². The molecule has 0 bridgehead atoms. The Morgan fingerprint density at radius 2 is 1.95 bits per heavy atom. The summed E-state index contributed by atoms with van der Waals surface area (Å²) < 4.78 is 27.7. The number of hydrogen-bond donors (Lipinski definition) is 1. The van der Waals surface area contributed by atoms with Crippen LogP contribution in [0.1, 0.15) is 51.5 Å². The van der Waals surface area contributed by atoms with Crippen molar-refractivity contribution in [3.63, 3.8) is 0 Å². The first-order valence-electron chi connectivity index (χ1n) is 7.09. The van der Waals surface area contributed by atoms with Gasteiger partial charge in [0.25, 0.3) is 0 Å². The van der Waals surface area contributed by atoms with Gasteiger partial charge in [-0.1, -0.05) is 26.3 Å². The van der Waals surface area contributed by atoms with Gasteiger partial charge in [-0.3, -0.25) is 0 Å². The Hall–Kier alpha value is -0.960. The van der Waals surface area contributed by atoms with Gasteiger partial charge in [-0.05, 0) is 49.7 Å². The Morgan fingerprint density at radius 1 is 1.32 bits per heavy atom. The van der Waals surface area contributed by atoms with Crippen molar-refractivity contribution in [2.75, 3.05) is 0 Å². The molecule has 1 nitrogen and oxygen atoms in total. The minimum atomic E-state index is -1.34. The first kappa shape index (κ1) is 14.4. The quantitative estimate of drug-likeness (QED) is 0.862. The lowest BCUT2D eigenvalue weighted by atomic mass is 9.72. The van der Waals surface area contributed by atoms with Crippen LogP contribution in [0.15, 0.2) is 18.2 Å². The number of aliphatic hydroxyl groups is 1. The van der Waals surface area contributed by atoms with E-state index in [-0.39, 0.29) is 5.56 Å². The highest BCUT2D eigenvalue weighted by molar-refractivity contribution is 5.27. The van der Waals surface area contributed by atoms with E-state index in [0.29, 0.717) is 24.7 Å². The lowest BCUT2D eigenvalue weighted by Crippen LogP contribution is -2.35. The third-order valence-electron chi connectivity index (χ3n) is 4.06. The fourth-order valence-electron chi connectivity index (χ4n) is 3.40. The van der Waals surface area contributed by atoms with Gasteiger partial charge in [0, 0.05) is 0 Å². The summed E-state index contributed by atoms with van der Waals surface area (Å²) in [4.78, 5) is 0. The number of hydrogen-bond acceptors (Lipinski definition) is 1. The molecule has 19 heavy (non-hydrogen) atoms. The van der Waals surface area contributed by atoms with Crippen molar-refractivity contribution in [1.29, 1.82) is 0 Å². The van der Waals surface area contributed by atoms with Crippen molar-refractivity contribution >= 4 is 0 Å². The van der Waals surface area contributed by atoms with Crippen LogP contribution in [0.3, 0.4) is 0 Å². The molecule has 0 heterocycles. The minimum absolute atomic E-state index is 0.136. The standard InChI is InChI=1S/C16H22F2O/c1-11(2)9-12-5-4-8-16(19,10-12)15-13(17)6-3-7-14(15)18/h3,6-7,11-12,19H,4-5,8-10H2,1-2H3. The van der Waals surface area contributed by atoms with Crippen molar-refractivity contribution in [3.05, 3.63) is 35.4 Å². The van der Waals surface area contributed by atoms with Crippen molar-refractivity contribution in [2.24, 2.45) is 11.8 Å². The van der Waals surface area contributed by atoms with E-state index in [2.05, 4.69) is 13.8 Å². The van der Waals surface area contributed by atoms with Crippen LogP contribution in [0.2, 0.25) is 0 Å². The van der Waals surface area contributed by atoms with Crippen LogP contribution in [0.4, 0.5) is 8.78 Å². The predicted molar refractivity (Wildman–Crippen MR) is 71.7 cm³/mol. The molecule has 0 saturated heterocycles. The van der Waals surface area contributed by atoms with E-state index in [0.717, 1.165) is 19.3 Å². The average Bonchev–Trinajstić information content (AvgIpc) is 2.27. The highest BCUT2D eigenvalue weighted by Gasteiger charge is 2.39. The molecule has 1 aliphatic rings. The maximum Gasteiger partial charge on any atom is 0.132 e. The van der Waals surface area contributed by atoms with Gasteiger partial charge in [0.15, 0.2) is 0 Å². The molecule has 1 aliphatic carbocycles. The summed E-state index contributed by atoms with van der Waals surface area (Å²) >= 11 is 0. The molecule has 2 rings (SSSR count). The van der Waals surface area contributed by atoms with E-state index in [1.165, 1.54) is 18.2 Å². The van der Waals surface area contributed by atoms with Crippen molar-refractivity contribution < 1.29 is 13.9 Å². The van der Waals surface area contributed by atoms with Gasteiger partial charge in [-0.25, -0.2) is 8.78 Å². The van der Waals surface area contributed by atoms with Gasteiger partial charge in [0.2, 0.25) is 0 Å². The van der Waals surface area contributed by atoms with E-state index < -0.39 is 17.2 Å². The zero-order valence-corrected chi connectivity index (χ0v) is 11.6. The van der Waals surface area contributed by atoms with Crippen LogP contribution in [0, 0.1) is 23.5 Å². The third kappa shape index (κ3) is 3.14. The summed E-state index contributed by atoms with van der Waals surface area (Å²) in [5, 5.41) is 10.7. The number of benzene rings is 1. The van der Waals surface area contributed by atoms with E-state index >= 15 is 0 Å². The van der Waals surface area contributed by atoms with Crippen LogP contribution in [-0.2, 0) is 5.60 Å². The van der Waals surface area contributed by atoms with E-state index in [4.69, 9.17) is 0 Å². The SMILES string of the molecule is CC(C)CC1CCCC(O)(c2c(F)cccc2F)C1. The smallest absolute Gasteiger partial charge is 0.132 e. The molecule has 1 saturated carbocycles. The first-order chi connectivity index (χ1) is 8.92. The summed E-state index contributed by atoms with van der Waals surface area (Å²) in [7, 11) is 0. The monoisotopic (exact) mass is 268 g/mol. The zero-order chi connectivity index (χ0) is 14.0. The highest BCUT2D eigenvalue weighted by atomic mass is 19.1. The molecular weight excluding hydrogens is 246 g/mol. The van der Waals surface area contributed by atoms with E-state index in [1.54, 1.807) is 0 Å². The van der Waals surface area contributed by atoms with Gasteiger partial charge in [-0.2, -0.15) is 0 Å². The van der Waals surface area contributed by atoms with Gasteiger partial charge in [-0.15, -0.1) is 0 Å². The number of rotatable bonds is 3. The maximum atomic E-state index is 13.9. The second-order valence-corrected chi connectivity index (χ2v) is 6.22. The molecule has 0 aromatic heterocycles. The Bertz CT molecular complexity index is 424. The van der Waals surface area contributed by atoms with Gasteiger partial charge < -0.3 is 5.11 Å². The van der Waals surface area contributed by atoms with Crippen LogP contribution in [-0.4, -0.2) is 5.11 Å². The molecule has 0 aliphatic heterocycles. The normalized spacial score (nSPS) is 27.8. The Morgan fingerprint density at radius 3 is 2.53 bits per heavy atom. The van der Waals surface area contributed by atoms with Crippen LogP contribution in [0.25, 0.3) is 0 Å². The summed E-state index contributed by atoms with van der Waals surface area (Å²) in [5.41, 5.74) is -1.48. The molecule has 3 heteroatoms. The molecule has 1 N–H and O–H groups in total. The molecule has 1 aromatic rings. The highest BCUT2D eigenvalue weighted by Crippen LogP contribution is 2.43. The lowest BCUT2D eigenvalue weighted by molar-refractivity contribution is -0.0300. The number of halogens is 2. The summed E-state index contributed by atoms with van der Waals surface area (Å²) in [6.45, 7) is 4.27. The molecule has 1 aromatic carbocycles. The summed E-state index contributed by atoms with van der Waals surface area (Å²) in [6, 6.07) is 3.79. The molecule has 106 valence electrons. The topological polar surface area (TPSA) is 20.2 Å². The van der Waals surface area contributed by atoms with Crippen molar-refractivity contribution in [2.45, 2.75) is 51.6 Å². The average molecular weight is 268 g/mol. The lowest BCUT2D eigenvalue weighted by Gasteiger charge is -2.38. The Kier molecular flexibility index (Phi) is 4.24. The molecule has 0 spiro atoms. The van der Waals surface area contributed by atoms with Gasteiger partial charge in [0.05, 0.1) is 11.2 Å². The summed E-state index contributed by atoms with van der Waals surface area (Å²) in [5.74, 6) is -0.379. The molecule has 2 atom stereocenters. The van der Waals surface area contributed by atoms with Gasteiger partial charge in [0.1, 0.15) is 11.6 Å². The molecular formula is C16H22F2O. The fourth-order valence-corrected chi connectivity index (χ4v) is 3.40. The zero-order valence-electron chi connectivity index (χ0n) is 11.6. The van der Waals surface area contributed by atoms with E-state index in [1.807, 2.05) is 0 Å². The van der Waals surface area contributed by atoms with Crippen LogP contribution in [0.5, 0.6) is 0 Å². The minimum Gasteiger partial charge on any atom is -0.385 e. The fraction of sp³-hybridized carbons (Fsp3) is 0.625. The van der Waals surface area contributed by atoms with Crippen LogP contribution < -0.4 is 0 Å². The third-order valence-corrected chi connectivity index (χ3v) is 4.06. The van der Waals surface area contributed by atoms with Crippen molar-refractivity contribution in [1.82, 2.24) is 0 Å². The predicted octanol–water partition coefficient (Wildman–Crippen LogP) is 4.39. The second kappa shape index (κ2) is 5.58. The summed E-state index contributed by atoms with van der Waals surface area (Å²) in [6.07, 6.45) is 3.76. The maximum absolute atomic E-state index is 13.9. The molecule has 2 unspecified atom stereocenters. The van der Waals surface area contributed by atoms with E-state index in [9.17, 15) is 13.9 Å².